The van der Waals surface area contributed by atoms with E-state index in [0.29, 0.717) is 5.56 Å². The first-order chi connectivity index (χ1) is 7.29. The predicted octanol–water partition coefficient (Wildman–Crippen LogP) is 3.05. The molecule has 76 valence electrons. The molecule has 0 radical (unpaired) electrons. The molecular weight excluding hydrogens is 210 g/mol. The third-order valence-corrected chi connectivity index (χ3v) is 2.83. The minimum Gasteiger partial charge on any atom is -0.478 e. The summed E-state index contributed by atoms with van der Waals surface area (Å²) >= 11 is 1.40. The van der Waals surface area contributed by atoms with E-state index in [1.165, 1.54) is 11.5 Å². The van der Waals surface area contributed by atoms with Crippen LogP contribution in [-0.4, -0.2) is 15.4 Å². The summed E-state index contributed by atoms with van der Waals surface area (Å²) < 4.78 is 3.91. The summed E-state index contributed by atoms with van der Waals surface area (Å²) in [5.41, 5.74) is 0.316. The molecule has 0 unspecified atom stereocenters. The third-order valence-electron chi connectivity index (χ3n) is 2.00. The molecule has 0 saturated carbocycles. The monoisotopic (exact) mass is 219 g/mol. The van der Waals surface area contributed by atoms with Crippen LogP contribution in [0.15, 0.2) is 42.6 Å². The van der Waals surface area contributed by atoms with Gasteiger partial charge in [-0.1, -0.05) is 29.7 Å². The summed E-state index contributed by atoms with van der Waals surface area (Å²) in [4.78, 5) is 11.1. The first-order valence-corrected chi connectivity index (χ1v) is 5.22. The largest absolute Gasteiger partial charge is 0.478 e. The molecule has 1 aromatic heterocycles. The van der Waals surface area contributed by atoms with E-state index in [0.717, 1.165) is 10.1 Å². The fourth-order valence-corrected chi connectivity index (χ4v) is 2.04. The van der Waals surface area contributed by atoms with Gasteiger partial charge in [0.15, 0.2) is 0 Å². The molecular formula is C11H9NO2S. The fourth-order valence-electron chi connectivity index (χ4n) is 1.34. The molecule has 0 aliphatic carbocycles. The van der Waals surface area contributed by atoms with Gasteiger partial charge in [-0.15, -0.1) is 0 Å². The summed E-state index contributed by atoms with van der Waals surface area (Å²) in [6, 6.07) is 10.7. The summed E-state index contributed by atoms with van der Waals surface area (Å²) in [6.07, 6.45) is 1.71. The summed E-state index contributed by atoms with van der Waals surface area (Å²) in [6.45, 7) is 0. The first kappa shape index (κ1) is 9.73. The van der Waals surface area contributed by atoms with Gasteiger partial charge >= 0.3 is 5.97 Å². The zero-order valence-corrected chi connectivity index (χ0v) is 8.62. The highest BCUT2D eigenvalue weighted by atomic mass is 32.1. The highest BCUT2D eigenvalue weighted by Gasteiger charge is 2.05. The summed E-state index contributed by atoms with van der Waals surface area (Å²) in [5.74, 6) is -0.908. The fraction of sp³-hybridized carbons (Fsp3) is 0. The Kier molecular flexibility index (Phi) is 2.69. The average molecular weight is 219 g/mol. The van der Waals surface area contributed by atoms with Crippen LogP contribution >= 0.6 is 11.5 Å². The number of H-pyrrole nitrogens is 1. The van der Waals surface area contributed by atoms with Crippen LogP contribution < -0.4 is 0 Å². The van der Waals surface area contributed by atoms with Crippen LogP contribution in [0.1, 0.15) is 10.4 Å². The van der Waals surface area contributed by atoms with Gasteiger partial charge in [0, 0.05) is 11.6 Å². The first-order valence-electron chi connectivity index (χ1n) is 4.41. The topological polar surface area (TPSA) is 53.1 Å². The number of carboxylic acid groups (broad SMARTS) is 1. The number of carbonyl (C=O) groups is 1. The molecule has 2 N–H and O–H groups in total. The number of aromatic carboxylic acids is 1. The smallest absolute Gasteiger partial charge is 0.336 e. The van der Waals surface area contributed by atoms with Crippen LogP contribution in [0, 0.1) is 0 Å². The Bertz CT molecular complexity index is 540. The van der Waals surface area contributed by atoms with Gasteiger partial charge in [0.05, 0.1) is 10.3 Å². The number of hydrogen-bond donors (Lipinski definition) is 2. The molecule has 0 fully saturated rings. The van der Waals surface area contributed by atoms with E-state index in [9.17, 15) is 4.79 Å². The number of nitrogens with one attached hydrogen (secondary N) is 1. The second kappa shape index (κ2) is 4.14. The second-order valence-electron chi connectivity index (χ2n) is 2.96. The summed E-state index contributed by atoms with van der Waals surface area (Å²) in [5, 5.41) is 9.81. The van der Waals surface area contributed by atoms with E-state index < -0.39 is 5.97 Å². The van der Waals surface area contributed by atoms with Crippen molar-refractivity contribution in [1.29, 1.82) is 0 Å². The van der Waals surface area contributed by atoms with E-state index in [2.05, 4.69) is 4.37 Å². The molecule has 2 rings (SSSR count). The highest BCUT2D eigenvalue weighted by molar-refractivity contribution is 7.12. The lowest BCUT2D eigenvalue weighted by Crippen LogP contribution is -1.95. The van der Waals surface area contributed by atoms with E-state index in [1.54, 1.807) is 18.3 Å². The van der Waals surface area contributed by atoms with Gasteiger partial charge in [-0.2, -0.15) is 0 Å². The lowest BCUT2D eigenvalue weighted by atomic mass is 10.1. The molecule has 4 heteroatoms. The van der Waals surface area contributed by atoms with Gasteiger partial charge in [-0.3, -0.25) is 0 Å². The Hall–Kier alpha value is -1.81. The lowest BCUT2D eigenvalue weighted by Gasteiger charge is -1.97. The Labute approximate surface area is 90.5 Å². The Morgan fingerprint density at radius 1 is 1.20 bits per heavy atom. The number of carboxylic acids is 1. The van der Waals surface area contributed by atoms with E-state index in [-0.39, 0.29) is 0 Å². The van der Waals surface area contributed by atoms with Crippen LogP contribution in [0.2, 0.25) is 0 Å². The Balaban J connectivity index is 2.91. The van der Waals surface area contributed by atoms with Crippen molar-refractivity contribution >= 4 is 27.6 Å². The van der Waals surface area contributed by atoms with Crippen molar-refractivity contribution in [2.24, 2.45) is 0 Å². The van der Waals surface area contributed by atoms with Crippen molar-refractivity contribution in [2.75, 3.05) is 0 Å². The standard InChI is InChI=1S/C11H9NO2S/c13-11(14)9-5-3-7-12-15-10-6-2-1-4-8(9)10/h1-7,12H,(H,13,14). The normalized spacial score (nSPS) is 9.87. The number of hydrogen-bond acceptors (Lipinski definition) is 2. The van der Waals surface area contributed by atoms with Crippen molar-refractivity contribution in [3.63, 3.8) is 0 Å². The molecule has 3 nitrogen and oxygen atoms in total. The number of rotatable bonds is 1. The lowest BCUT2D eigenvalue weighted by molar-refractivity contribution is 0.0699. The van der Waals surface area contributed by atoms with Crippen LogP contribution in [-0.2, 0) is 0 Å². The number of aromatic amines is 1. The van der Waals surface area contributed by atoms with E-state index >= 15 is 0 Å². The zero-order valence-electron chi connectivity index (χ0n) is 7.81. The van der Waals surface area contributed by atoms with E-state index in [1.807, 2.05) is 24.3 Å². The minimum atomic E-state index is -0.908. The second-order valence-corrected chi connectivity index (χ2v) is 3.84. The van der Waals surface area contributed by atoms with Gasteiger partial charge in [0.25, 0.3) is 0 Å². The van der Waals surface area contributed by atoms with Crippen molar-refractivity contribution in [3.05, 3.63) is 48.2 Å². The van der Waals surface area contributed by atoms with Crippen LogP contribution in [0.3, 0.4) is 0 Å². The quantitative estimate of drug-likeness (QED) is 0.774. The molecule has 0 amide bonds. The van der Waals surface area contributed by atoms with Crippen molar-refractivity contribution in [2.45, 2.75) is 0 Å². The van der Waals surface area contributed by atoms with Gasteiger partial charge in [-0.05, 0) is 18.2 Å². The van der Waals surface area contributed by atoms with Crippen molar-refractivity contribution in [1.82, 2.24) is 4.37 Å². The van der Waals surface area contributed by atoms with Gasteiger partial charge in [-0.25, -0.2) is 4.79 Å². The van der Waals surface area contributed by atoms with Crippen LogP contribution in [0.5, 0.6) is 0 Å². The molecule has 1 aromatic carbocycles. The van der Waals surface area contributed by atoms with Gasteiger partial charge in [0.2, 0.25) is 0 Å². The molecule has 0 aliphatic rings. The highest BCUT2D eigenvalue weighted by Crippen LogP contribution is 2.18. The van der Waals surface area contributed by atoms with Crippen LogP contribution in [0.25, 0.3) is 10.1 Å². The minimum absolute atomic E-state index is 0.316. The molecule has 0 spiro atoms. The van der Waals surface area contributed by atoms with Gasteiger partial charge in [0.1, 0.15) is 0 Å². The SMILES string of the molecule is O=C(O)c1ccc[nH]sc2ccccc12. The Morgan fingerprint density at radius 2 is 2.00 bits per heavy atom. The number of aromatic nitrogens is 1. The number of benzene rings is 1. The predicted molar refractivity (Wildman–Crippen MR) is 60.8 cm³/mol. The Morgan fingerprint density at radius 3 is 2.80 bits per heavy atom. The number of fused-ring (bicyclic) bond motifs is 1. The maximum atomic E-state index is 11.1. The van der Waals surface area contributed by atoms with Crippen LogP contribution in [0.4, 0.5) is 0 Å². The maximum absolute atomic E-state index is 11.1. The molecule has 1 heterocycles. The molecule has 0 bridgehead atoms. The molecule has 0 atom stereocenters. The molecule has 0 aliphatic heterocycles. The molecule has 15 heavy (non-hydrogen) atoms. The molecule has 0 saturated heterocycles. The molecule has 2 aromatic rings. The average Bonchev–Trinajstić information content (AvgIpc) is 2.18. The van der Waals surface area contributed by atoms with E-state index in [4.69, 9.17) is 5.11 Å². The maximum Gasteiger partial charge on any atom is 0.336 e. The van der Waals surface area contributed by atoms with Gasteiger partial charge < -0.3 is 9.48 Å². The van der Waals surface area contributed by atoms with Crippen molar-refractivity contribution < 1.29 is 9.90 Å². The third kappa shape index (κ3) is 1.99. The zero-order chi connectivity index (χ0) is 10.7. The van der Waals surface area contributed by atoms with Crippen molar-refractivity contribution in [3.8, 4) is 0 Å². The summed E-state index contributed by atoms with van der Waals surface area (Å²) in [7, 11) is 0.